The van der Waals surface area contributed by atoms with E-state index < -0.39 is 29.1 Å². The van der Waals surface area contributed by atoms with E-state index in [4.69, 9.17) is 0 Å². The van der Waals surface area contributed by atoms with E-state index in [2.05, 4.69) is 35.4 Å². The molecule has 1 aromatic carbocycles. The van der Waals surface area contributed by atoms with E-state index in [9.17, 15) is 18.8 Å². The quantitative estimate of drug-likeness (QED) is 0.441. The number of carbonyl (C=O) groups is 3. The van der Waals surface area contributed by atoms with Crippen molar-refractivity contribution in [3.05, 3.63) is 40.5 Å². The summed E-state index contributed by atoms with van der Waals surface area (Å²) in [5.41, 5.74) is 3.73. The van der Waals surface area contributed by atoms with E-state index >= 15 is 0 Å². The zero-order valence-corrected chi connectivity index (χ0v) is 26.1. The van der Waals surface area contributed by atoms with Gasteiger partial charge < -0.3 is 15.1 Å². The maximum absolute atomic E-state index is 14.4. The van der Waals surface area contributed by atoms with Crippen molar-refractivity contribution in [2.45, 2.75) is 105 Å². The predicted octanol–water partition coefficient (Wildman–Crippen LogP) is 5.69. The number of halogens is 1. The number of benzene rings is 1. The van der Waals surface area contributed by atoms with Gasteiger partial charge in [0.05, 0.1) is 16.1 Å². The first-order valence-corrected chi connectivity index (χ1v) is 15.3. The van der Waals surface area contributed by atoms with E-state index in [-0.39, 0.29) is 24.7 Å². The molecule has 2 fully saturated rings. The van der Waals surface area contributed by atoms with Gasteiger partial charge in [-0.25, -0.2) is 9.37 Å². The third-order valence-corrected chi connectivity index (χ3v) is 8.66. The lowest BCUT2D eigenvalue weighted by Gasteiger charge is -2.36. The van der Waals surface area contributed by atoms with Crippen LogP contribution in [-0.4, -0.2) is 63.9 Å². The Balaban J connectivity index is 0.00000216. The first-order chi connectivity index (χ1) is 18.9. The van der Waals surface area contributed by atoms with Gasteiger partial charge in [0, 0.05) is 20.1 Å². The van der Waals surface area contributed by atoms with Gasteiger partial charge in [-0.05, 0) is 67.2 Å². The maximum atomic E-state index is 14.4. The molecule has 2 aliphatic rings. The van der Waals surface area contributed by atoms with E-state index in [1.165, 1.54) is 5.56 Å². The summed E-state index contributed by atoms with van der Waals surface area (Å²) >= 11 is 1.62. The zero-order valence-electron chi connectivity index (χ0n) is 25.3. The number of hydrogen-bond donors (Lipinski definition) is 1. The number of thiazole rings is 1. The Kier molecular flexibility index (Phi) is 10.1. The molecular weight excluding hydrogens is 527 g/mol. The number of carbonyl (C=O) groups excluding carboxylic acids is 3. The highest BCUT2D eigenvalue weighted by atomic mass is 32.1. The van der Waals surface area contributed by atoms with Gasteiger partial charge in [-0.2, -0.15) is 0 Å². The zero-order chi connectivity index (χ0) is 29.8. The van der Waals surface area contributed by atoms with Crippen LogP contribution in [0.25, 0.3) is 10.4 Å². The van der Waals surface area contributed by atoms with Gasteiger partial charge in [-0.3, -0.25) is 14.4 Å². The second kappa shape index (κ2) is 12.8. The summed E-state index contributed by atoms with van der Waals surface area (Å²) in [6.07, 6.45) is 2.47. The summed E-state index contributed by atoms with van der Waals surface area (Å²) in [5.74, 6) is -1.17. The molecule has 9 heteroatoms. The molecule has 2 aromatic rings. The van der Waals surface area contributed by atoms with Crippen LogP contribution in [0.1, 0.15) is 84.0 Å². The van der Waals surface area contributed by atoms with Gasteiger partial charge in [0.1, 0.15) is 12.1 Å². The molecular formula is C31H45FN4O3S. The smallest absolute Gasteiger partial charge is 0.258 e. The molecule has 1 aliphatic carbocycles. The molecule has 2 heterocycles. The molecule has 7 nitrogen and oxygen atoms in total. The van der Waals surface area contributed by atoms with Crippen LogP contribution in [0.2, 0.25) is 0 Å². The number of aryl methyl sites for hydroxylation is 2. The molecule has 4 rings (SSSR count). The lowest BCUT2D eigenvalue weighted by Crippen LogP contribution is -2.58. The maximum Gasteiger partial charge on any atom is 0.258 e. The van der Waals surface area contributed by atoms with Crippen molar-refractivity contribution in [2.24, 2.45) is 5.41 Å². The SMILES string of the molecule is CC.CCc1cc(-c2scnc2C)ccc1CN(C)C(=O)C1CCCN1C(=O)C(NC(=O)C1(F)CC1)C(C)(C)C. The van der Waals surface area contributed by atoms with Gasteiger partial charge >= 0.3 is 0 Å². The van der Waals surface area contributed by atoms with Gasteiger partial charge in [-0.15, -0.1) is 11.3 Å². The van der Waals surface area contributed by atoms with Gasteiger partial charge in [-0.1, -0.05) is 53.7 Å². The third-order valence-electron chi connectivity index (χ3n) is 7.68. The molecule has 0 spiro atoms. The fourth-order valence-corrected chi connectivity index (χ4v) is 5.92. The monoisotopic (exact) mass is 572 g/mol. The summed E-state index contributed by atoms with van der Waals surface area (Å²) in [5, 5.41) is 2.67. The number of amides is 3. The molecule has 2 atom stereocenters. The van der Waals surface area contributed by atoms with Gasteiger partial charge in [0.15, 0.2) is 5.67 Å². The fourth-order valence-electron chi connectivity index (χ4n) is 5.12. The number of hydrogen-bond acceptors (Lipinski definition) is 5. The molecule has 1 N–H and O–H groups in total. The Morgan fingerprint density at radius 2 is 1.90 bits per heavy atom. The molecule has 1 aliphatic heterocycles. The molecule has 2 unspecified atom stereocenters. The van der Waals surface area contributed by atoms with Crippen LogP contribution in [0.4, 0.5) is 4.39 Å². The number of alkyl halides is 1. The van der Waals surface area contributed by atoms with Crippen LogP contribution in [0, 0.1) is 12.3 Å². The number of nitrogens with zero attached hydrogens (tertiary/aromatic N) is 3. The van der Waals surface area contributed by atoms with Crippen molar-refractivity contribution in [1.82, 2.24) is 20.1 Å². The molecule has 0 radical (unpaired) electrons. The number of rotatable bonds is 8. The molecule has 1 saturated carbocycles. The van der Waals surface area contributed by atoms with Crippen molar-refractivity contribution >= 4 is 29.1 Å². The number of aromatic nitrogens is 1. The van der Waals surface area contributed by atoms with E-state index in [1.54, 1.807) is 28.2 Å². The Morgan fingerprint density at radius 1 is 1.23 bits per heavy atom. The molecule has 1 aromatic heterocycles. The van der Waals surface area contributed by atoms with Crippen LogP contribution < -0.4 is 5.32 Å². The highest BCUT2D eigenvalue weighted by molar-refractivity contribution is 7.13. The van der Waals surface area contributed by atoms with Crippen LogP contribution in [0.3, 0.4) is 0 Å². The Bertz CT molecular complexity index is 1220. The highest BCUT2D eigenvalue weighted by Crippen LogP contribution is 2.40. The van der Waals surface area contributed by atoms with Crippen LogP contribution >= 0.6 is 11.3 Å². The van der Waals surface area contributed by atoms with Crippen molar-refractivity contribution in [3.8, 4) is 10.4 Å². The van der Waals surface area contributed by atoms with Crippen molar-refractivity contribution in [2.75, 3.05) is 13.6 Å². The molecule has 0 bridgehead atoms. The summed E-state index contributed by atoms with van der Waals surface area (Å²) in [4.78, 5) is 48.5. The topological polar surface area (TPSA) is 82.6 Å². The normalized spacial score (nSPS) is 18.4. The summed E-state index contributed by atoms with van der Waals surface area (Å²) in [6.45, 7) is 14.5. The van der Waals surface area contributed by atoms with E-state index in [1.807, 2.05) is 47.1 Å². The second-order valence-corrected chi connectivity index (χ2v) is 12.6. The molecule has 1 saturated heterocycles. The summed E-state index contributed by atoms with van der Waals surface area (Å²) in [7, 11) is 1.77. The Morgan fingerprint density at radius 3 is 2.45 bits per heavy atom. The summed E-state index contributed by atoms with van der Waals surface area (Å²) in [6, 6.07) is 4.82. The van der Waals surface area contributed by atoms with Crippen molar-refractivity contribution in [3.63, 3.8) is 0 Å². The molecule has 220 valence electrons. The molecule has 40 heavy (non-hydrogen) atoms. The number of nitrogens with one attached hydrogen (secondary N) is 1. The minimum absolute atomic E-state index is 0.122. The Labute approximate surface area is 242 Å². The average molecular weight is 573 g/mol. The molecule has 3 amide bonds. The van der Waals surface area contributed by atoms with Gasteiger partial charge in [0.25, 0.3) is 5.91 Å². The predicted molar refractivity (Wildman–Crippen MR) is 159 cm³/mol. The number of likely N-dealkylation sites (tertiary alicyclic amines) is 1. The number of likely N-dealkylation sites (N-methyl/N-ethyl adjacent to an activating group) is 1. The minimum Gasteiger partial charge on any atom is -0.341 e. The third kappa shape index (κ3) is 6.90. The van der Waals surface area contributed by atoms with Crippen LogP contribution in [0.5, 0.6) is 0 Å². The second-order valence-electron chi connectivity index (χ2n) is 11.7. The first-order valence-electron chi connectivity index (χ1n) is 14.4. The minimum atomic E-state index is -1.87. The van der Waals surface area contributed by atoms with Crippen LogP contribution in [0.15, 0.2) is 23.7 Å². The van der Waals surface area contributed by atoms with E-state index in [0.717, 1.165) is 28.1 Å². The highest BCUT2D eigenvalue weighted by Gasteiger charge is 2.53. The fraction of sp³-hybridized carbons (Fsp3) is 0.613. The van der Waals surface area contributed by atoms with Crippen LogP contribution in [-0.2, 0) is 27.3 Å². The van der Waals surface area contributed by atoms with Gasteiger partial charge in [0.2, 0.25) is 11.8 Å². The van der Waals surface area contributed by atoms with Crippen molar-refractivity contribution < 1.29 is 18.8 Å². The average Bonchev–Trinajstić information content (AvgIpc) is 3.29. The standard InChI is InChI=1S/C29H39FN4O3S.C2H6/c1-7-19-15-20(23-18(2)31-17-38-23)10-11-21(19)16-33(6)25(35)22-9-8-14-34(22)26(36)24(28(3,4)5)32-27(37)29(30)12-13-29;1-2/h10-11,15,17,22,24H,7-9,12-14,16H2,1-6H3,(H,32,37);1-2H3. The van der Waals surface area contributed by atoms with E-state index in [0.29, 0.717) is 25.9 Å². The largest absolute Gasteiger partial charge is 0.341 e. The van der Waals surface area contributed by atoms with Crippen molar-refractivity contribution in [1.29, 1.82) is 0 Å². The Hall–Kier alpha value is -2.81. The lowest BCUT2D eigenvalue weighted by atomic mass is 9.85. The first kappa shape index (κ1) is 31.7. The lowest BCUT2D eigenvalue weighted by molar-refractivity contribution is -0.147. The summed E-state index contributed by atoms with van der Waals surface area (Å²) < 4.78 is 14.4.